The third kappa shape index (κ3) is 6.13. The molecule has 0 radical (unpaired) electrons. The van der Waals surface area contributed by atoms with Gasteiger partial charge in [0.25, 0.3) is 11.8 Å². The molecule has 2 aromatic rings. The van der Waals surface area contributed by atoms with Crippen LogP contribution in [0.3, 0.4) is 0 Å². The number of hydrogen-bond acceptors (Lipinski definition) is 7. The number of anilines is 1. The number of rotatable bonds is 9. The summed E-state index contributed by atoms with van der Waals surface area (Å²) in [6.07, 6.45) is -1.07. The van der Waals surface area contributed by atoms with Crippen molar-refractivity contribution in [2.45, 2.75) is 13.0 Å². The molecule has 0 aromatic heterocycles. The molecule has 30 heavy (non-hydrogen) atoms. The van der Waals surface area contributed by atoms with Crippen LogP contribution in [0.4, 0.5) is 5.69 Å². The van der Waals surface area contributed by atoms with Crippen molar-refractivity contribution in [3.05, 3.63) is 48.0 Å². The van der Waals surface area contributed by atoms with Crippen molar-refractivity contribution >= 4 is 23.5 Å². The zero-order chi connectivity index (χ0) is 22.1. The van der Waals surface area contributed by atoms with Gasteiger partial charge in [-0.25, -0.2) is 0 Å². The number of ether oxygens (including phenoxy) is 4. The van der Waals surface area contributed by atoms with Crippen LogP contribution in [0.5, 0.6) is 17.2 Å². The van der Waals surface area contributed by atoms with Crippen molar-refractivity contribution in [2.75, 3.05) is 33.2 Å². The molecule has 160 valence electrons. The van der Waals surface area contributed by atoms with Gasteiger partial charge in [0.05, 0.1) is 27.0 Å². The SMILES string of the molecule is COc1cc(OC)cc(C(=O)NCC(=O)O[C@H](C)C(=O)Nc2ccccc2OC)c1. The first-order valence-corrected chi connectivity index (χ1v) is 9.02. The smallest absolute Gasteiger partial charge is 0.326 e. The van der Waals surface area contributed by atoms with Crippen molar-refractivity contribution in [1.82, 2.24) is 5.32 Å². The van der Waals surface area contributed by atoms with Gasteiger partial charge in [0.15, 0.2) is 6.10 Å². The third-order valence-corrected chi connectivity index (χ3v) is 4.05. The Balaban J connectivity index is 1.89. The lowest BCUT2D eigenvalue weighted by molar-refractivity contribution is -0.152. The monoisotopic (exact) mass is 416 g/mol. The molecule has 9 nitrogen and oxygen atoms in total. The maximum absolute atomic E-state index is 12.3. The second-order valence-electron chi connectivity index (χ2n) is 6.11. The summed E-state index contributed by atoms with van der Waals surface area (Å²) in [6.45, 7) is 1.02. The number of para-hydroxylation sites is 2. The molecule has 0 aliphatic rings. The van der Waals surface area contributed by atoms with Crippen LogP contribution in [0.2, 0.25) is 0 Å². The van der Waals surface area contributed by atoms with Gasteiger partial charge >= 0.3 is 5.97 Å². The van der Waals surface area contributed by atoms with Gasteiger partial charge in [-0.05, 0) is 31.2 Å². The molecule has 0 spiro atoms. The molecule has 2 amide bonds. The predicted molar refractivity (Wildman–Crippen MR) is 109 cm³/mol. The van der Waals surface area contributed by atoms with E-state index in [0.29, 0.717) is 22.9 Å². The zero-order valence-electron chi connectivity index (χ0n) is 17.2. The molecule has 0 fully saturated rings. The molecule has 0 heterocycles. The Kier molecular flexibility index (Phi) is 8.04. The molecular weight excluding hydrogens is 392 g/mol. The Morgan fingerprint density at radius 1 is 0.933 bits per heavy atom. The van der Waals surface area contributed by atoms with Crippen molar-refractivity contribution < 1.29 is 33.3 Å². The second-order valence-corrected chi connectivity index (χ2v) is 6.11. The lowest BCUT2D eigenvalue weighted by atomic mass is 10.2. The van der Waals surface area contributed by atoms with Gasteiger partial charge in [0.2, 0.25) is 0 Å². The van der Waals surface area contributed by atoms with Crippen LogP contribution >= 0.6 is 0 Å². The summed E-state index contributed by atoms with van der Waals surface area (Å²) in [4.78, 5) is 36.6. The minimum atomic E-state index is -1.07. The van der Waals surface area contributed by atoms with Crippen molar-refractivity contribution in [3.8, 4) is 17.2 Å². The summed E-state index contributed by atoms with van der Waals surface area (Å²) in [5.41, 5.74) is 0.703. The van der Waals surface area contributed by atoms with Crippen LogP contribution in [0, 0.1) is 0 Å². The van der Waals surface area contributed by atoms with Gasteiger partial charge < -0.3 is 29.6 Å². The Morgan fingerprint density at radius 2 is 1.57 bits per heavy atom. The number of hydrogen-bond donors (Lipinski definition) is 2. The maximum Gasteiger partial charge on any atom is 0.326 e. The fraction of sp³-hybridized carbons (Fsp3) is 0.286. The highest BCUT2D eigenvalue weighted by atomic mass is 16.5. The lowest BCUT2D eigenvalue weighted by Crippen LogP contribution is -2.35. The summed E-state index contributed by atoms with van der Waals surface area (Å²) >= 11 is 0. The maximum atomic E-state index is 12.3. The highest BCUT2D eigenvalue weighted by molar-refractivity contribution is 5.98. The average Bonchev–Trinajstić information content (AvgIpc) is 2.77. The van der Waals surface area contributed by atoms with Crippen LogP contribution in [0.15, 0.2) is 42.5 Å². The van der Waals surface area contributed by atoms with E-state index < -0.39 is 30.4 Å². The molecule has 1 atom stereocenters. The first kappa shape index (κ1) is 22.5. The highest BCUT2D eigenvalue weighted by Gasteiger charge is 2.20. The molecular formula is C21H24N2O7. The Bertz CT molecular complexity index is 892. The number of methoxy groups -OCH3 is 3. The van der Waals surface area contributed by atoms with E-state index in [1.807, 2.05) is 0 Å². The summed E-state index contributed by atoms with van der Waals surface area (Å²) in [6, 6.07) is 11.5. The third-order valence-electron chi connectivity index (χ3n) is 4.05. The van der Waals surface area contributed by atoms with E-state index in [4.69, 9.17) is 18.9 Å². The van der Waals surface area contributed by atoms with E-state index in [-0.39, 0.29) is 5.56 Å². The van der Waals surface area contributed by atoms with Crippen molar-refractivity contribution in [3.63, 3.8) is 0 Å². The van der Waals surface area contributed by atoms with Crippen LogP contribution in [0.25, 0.3) is 0 Å². The first-order valence-electron chi connectivity index (χ1n) is 9.02. The summed E-state index contributed by atoms with van der Waals surface area (Å²) < 4.78 is 20.5. The molecule has 0 bridgehead atoms. The average molecular weight is 416 g/mol. The molecule has 2 rings (SSSR count). The van der Waals surface area contributed by atoms with Gasteiger partial charge in [0, 0.05) is 11.6 Å². The normalized spacial score (nSPS) is 11.1. The predicted octanol–water partition coefficient (Wildman–Crippen LogP) is 2.01. The summed E-state index contributed by atoms with van der Waals surface area (Å²) in [5.74, 6) is -0.467. The van der Waals surface area contributed by atoms with E-state index in [2.05, 4.69) is 10.6 Å². The lowest BCUT2D eigenvalue weighted by Gasteiger charge is -2.15. The standard InChI is InChI=1S/C21H24N2O7/c1-13(20(25)23-17-7-5-6-8-18(17)29-4)30-19(24)12-22-21(26)14-9-15(27-2)11-16(10-14)28-3/h5-11,13H,12H2,1-4H3,(H,22,26)(H,23,25)/t13-/m1/s1. The van der Waals surface area contributed by atoms with Gasteiger partial charge in [0.1, 0.15) is 23.8 Å². The topological polar surface area (TPSA) is 112 Å². The van der Waals surface area contributed by atoms with Crippen molar-refractivity contribution in [1.29, 1.82) is 0 Å². The van der Waals surface area contributed by atoms with Crippen LogP contribution in [-0.4, -0.2) is 51.8 Å². The number of carbonyl (C=O) groups excluding carboxylic acids is 3. The number of benzene rings is 2. The minimum Gasteiger partial charge on any atom is -0.497 e. The fourth-order valence-corrected chi connectivity index (χ4v) is 2.47. The van der Waals surface area contributed by atoms with Crippen LogP contribution in [-0.2, 0) is 14.3 Å². The largest absolute Gasteiger partial charge is 0.497 e. The fourth-order valence-electron chi connectivity index (χ4n) is 2.47. The minimum absolute atomic E-state index is 0.251. The van der Waals surface area contributed by atoms with Gasteiger partial charge in [-0.3, -0.25) is 14.4 Å². The van der Waals surface area contributed by atoms with E-state index >= 15 is 0 Å². The molecule has 0 saturated heterocycles. The highest BCUT2D eigenvalue weighted by Crippen LogP contribution is 2.23. The first-order chi connectivity index (χ1) is 14.4. The molecule has 0 aliphatic heterocycles. The van der Waals surface area contributed by atoms with E-state index in [1.54, 1.807) is 30.3 Å². The molecule has 0 saturated carbocycles. The zero-order valence-corrected chi connectivity index (χ0v) is 17.2. The number of nitrogens with one attached hydrogen (secondary N) is 2. The quantitative estimate of drug-likeness (QED) is 0.602. The van der Waals surface area contributed by atoms with Crippen molar-refractivity contribution in [2.24, 2.45) is 0 Å². The molecule has 9 heteroatoms. The molecule has 2 N–H and O–H groups in total. The number of carbonyl (C=O) groups is 3. The summed E-state index contributed by atoms with van der Waals surface area (Å²) in [7, 11) is 4.41. The van der Waals surface area contributed by atoms with Gasteiger partial charge in [-0.1, -0.05) is 12.1 Å². The Hall–Kier alpha value is -3.75. The van der Waals surface area contributed by atoms with Gasteiger partial charge in [-0.15, -0.1) is 0 Å². The Morgan fingerprint density at radius 3 is 2.17 bits per heavy atom. The van der Waals surface area contributed by atoms with E-state index in [9.17, 15) is 14.4 Å². The van der Waals surface area contributed by atoms with Crippen LogP contribution in [0.1, 0.15) is 17.3 Å². The van der Waals surface area contributed by atoms with Crippen LogP contribution < -0.4 is 24.8 Å². The summed E-state index contributed by atoms with van der Waals surface area (Å²) in [5, 5.41) is 5.06. The molecule has 2 aromatic carbocycles. The second kappa shape index (κ2) is 10.7. The molecule has 0 unspecified atom stereocenters. The van der Waals surface area contributed by atoms with E-state index in [1.165, 1.54) is 40.4 Å². The van der Waals surface area contributed by atoms with E-state index in [0.717, 1.165) is 0 Å². The van der Waals surface area contributed by atoms with Gasteiger partial charge in [-0.2, -0.15) is 0 Å². The molecule has 0 aliphatic carbocycles. The number of amides is 2. The Labute approximate surface area is 174 Å². The number of esters is 1.